The highest BCUT2D eigenvalue weighted by molar-refractivity contribution is 6.74. The van der Waals surface area contributed by atoms with Gasteiger partial charge < -0.3 is 9.33 Å². The summed E-state index contributed by atoms with van der Waals surface area (Å²) in [7, 11) is 1.10. The van der Waals surface area contributed by atoms with Gasteiger partial charge in [-0.3, -0.25) is 9.59 Å². The van der Waals surface area contributed by atoms with Crippen LogP contribution in [-0.2, 0) is 18.8 Å². The van der Waals surface area contributed by atoms with Crippen LogP contribution in [0.4, 0.5) is 0 Å². The molecule has 0 aliphatic carbocycles. The minimum Gasteiger partial charge on any atom is -0.514 e. The summed E-state index contributed by atoms with van der Waals surface area (Å²) in [6, 6.07) is 0.531. The molecule has 5 nitrogen and oxygen atoms in total. The molecule has 0 saturated carbocycles. The zero-order valence-electron chi connectivity index (χ0n) is 10.5. The Balaban J connectivity index is 4.20. The van der Waals surface area contributed by atoms with Crippen molar-refractivity contribution in [3.8, 4) is 0 Å². The van der Waals surface area contributed by atoms with Crippen LogP contribution in [-0.4, -0.2) is 45.0 Å². The molecule has 16 heavy (non-hydrogen) atoms. The van der Waals surface area contributed by atoms with Gasteiger partial charge in [0.2, 0.25) is 20.0 Å². The standard InChI is InChI=1S/C10H19NO4Si/c1-8(12)10(14)15-16(4,5)7-6-9(13)11(2)3/h6-7H2,1-5H3. The first-order valence-electron chi connectivity index (χ1n) is 5.10. The van der Waals surface area contributed by atoms with Crippen LogP contribution in [0.15, 0.2) is 0 Å². The maximum absolute atomic E-state index is 11.3. The zero-order valence-corrected chi connectivity index (χ0v) is 11.5. The van der Waals surface area contributed by atoms with Crippen LogP contribution in [0.25, 0.3) is 0 Å². The van der Waals surface area contributed by atoms with Crippen LogP contribution in [0.2, 0.25) is 19.1 Å². The lowest BCUT2D eigenvalue weighted by Crippen LogP contribution is -2.37. The van der Waals surface area contributed by atoms with E-state index in [9.17, 15) is 14.4 Å². The Labute approximate surface area is 96.9 Å². The van der Waals surface area contributed by atoms with Gasteiger partial charge in [0.05, 0.1) is 0 Å². The molecular formula is C10H19NO4Si. The average molecular weight is 245 g/mol. The summed E-state index contributed by atoms with van der Waals surface area (Å²) in [4.78, 5) is 34.7. The fraction of sp³-hybridized carbons (Fsp3) is 0.700. The Morgan fingerprint density at radius 3 is 2.06 bits per heavy atom. The molecule has 0 rings (SSSR count). The zero-order chi connectivity index (χ0) is 12.9. The summed E-state index contributed by atoms with van der Waals surface area (Å²) in [5.74, 6) is -1.40. The summed E-state index contributed by atoms with van der Waals surface area (Å²) in [5.41, 5.74) is 0. The van der Waals surface area contributed by atoms with Gasteiger partial charge in [-0.1, -0.05) is 0 Å². The average Bonchev–Trinajstić information content (AvgIpc) is 2.13. The number of ketones is 1. The third kappa shape index (κ3) is 5.65. The van der Waals surface area contributed by atoms with Crippen LogP contribution in [0.5, 0.6) is 0 Å². The number of rotatable bonds is 5. The molecule has 0 fully saturated rings. The van der Waals surface area contributed by atoms with E-state index in [0.29, 0.717) is 12.5 Å². The molecule has 0 atom stereocenters. The highest BCUT2D eigenvalue weighted by Gasteiger charge is 2.29. The van der Waals surface area contributed by atoms with Crippen molar-refractivity contribution in [3.63, 3.8) is 0 Å². The van der Waals surface area contributed by atoms with E-state index < -0.39 is 20.1 Å². The largest absolute Gasteiger partial charge is 0.514 e. The molecule has 0 aromatic carbocycles. The van der Waals surface area contributed by atoms with Gasteiger partial charge in [0, 0.05) is 27.4 Å². The van der Waals surface area contributed by atoms with Gasteiger partial charge in [0.15, 0.2) is 0 Å². The maximum atomic E-state index is 11.3. The van der Waals surface area contributed by atoms with Crippen molar-refractivity contribution in [2.75, 3.05) is 14.1 Å². The molecule has 0 radical (unpaired) electrons. The van der Waals surface area contributed by atoms with Crippen molar-refractivity contribution < 1.29 is 18.8 Å². The van der Waals surface area contributed by atoms with E-state index in [1.807, 2.05) is 13.1 Å². The smallest absolute Gasteiger partial charge is 0.360 e. The summed E-state index contributed by atoms with van der Waals surface area (Å²) in [6.07, 6.45) is 0.345. The van der Waals surface area contributed by atoms with Gasteiger partial charge in [0.1, 0.15) is 0 Å². The van der Waals surface area contributed by atoms with Crippen molar-refractivity contribution in [2.24, 2.45) is 0 Å². The van der Waals surface area contributed by atoms with Crippen LogP contribution >= 0.6 is 0 Å². The summed E-state index contributed by atoms with van der Waals surface area (Å²) in [5, 5.41) is 0. The molecule has 0 unspecified atom stereocenters. The molecule has 0 saturated heterocycles. The molecular weight excluding hydrogens is 226 g/mol. The van der Waals surface area contributed by atoms with E-state index >= 15 is 0 Å². The Hall–Kier alpha value is -1.17. The normalized spacial score (nSPS) is 10.8. The quantitative estimate of drug-likeness (QED) is 0.531. The van der Waals surface area contributed by atoms with Crippen molar-refractivity contribution >= 4 is 26.0 Å². The van der Waals surface area contributed by atoms with Crippen molar-refractivity contribution in [2.45, 2.75) is 32.5 Å². The second kappa shape index (κ2) is 5.79. The molecule has 0 aliphatic rings. The number of carbonyl (C=O) groups excluding carboxylic acids is 3. The Morgan fingerprint density at radius 2 is 1.69 bits per heavy atom. The molecule has 0 heterocycles. The first-order valence-corrected chi connectivity index (χ1v) is 8.21. The van der Waals surface area contributed by atoms with Crippen molar-refractivity contribution in [1.82, 2.24) is 4.90 Å². The number of carbonyl (C=O) groups is 3. The minimum atomic E-state index is -2.26. The molecule has 0 bridgehead atoms. The van der Waals surface area contributed by atoms with Crippen LogP contribution < -0.4 is 0 Å². The summed E-state index contributed by atoms with van der Waals surface area (Å²) >= 11 is 0. The van der Waals surface area contributed by atoms with Gasteiger partial charge in [0.25, 0.3) is 0 Å². The third-order valence-electron chi connectivity index (χ3n) is 2.10. The van der Waals surface area contributed by atoms with Crippen LogP contribution in [0.1, 0.15) is 13.3 Å². The van der Waals surface area contributed by atoms with Gasteiger partial charge >= 0.3 is 5.97 Å². The van der Waals surface area contributed by atoms with Crippen molar-refractivity contribution in [3.05, 3.63) is 0 Å². The van der Waals surface area contributed by atoms with Gasteiger partial charge in [-0.25, -0.2) is 4.79 Å². The second-order valence-electron chi connectivity index (χ2n) is 4.49. The SMILES string of the molecule is CC(=O)C(=O)O[Si](C)(C)CCC(=O)N(C)C. The number of amides is 1. The first kappa shape index (κ1) is 14.8. The second-order valence-corrected chi connectivity index (χ2v) is 8.72. The molecule has 0 aromatic heterocycles. The van der Waals surface area contributed by atoms with Gasteiger partial charge in [-0.2, -0.15) is 0 Å². The highest BCUT2D eigenvalue weighted by Crippen LogP contribution is 2.14. The van der Waals surface area contributed by atoms with E-state index in [1.54, 1.807) is 14.1 Å². The molecule has 1 amide bonds. The van der Waals surface area contributed by atoms with E-state index in [-0.39, 0.29) is 5.91 Å². The maximum Gasteiger partial charge on any atom is 0.360 e. The number of Topliss-reactive ketones (excluding diaryl/α,β-unsaturated/α-hetero) is 1. The first-order chi connectivity index (χ1) is 7.15. The predicted molar refractivity (Wildman–Crippen MR) is 62.4 cm³/mol. The topological polar surface area (TPSA) is 63.7 Å². The number of hydrogen-bond acceptors (Lipinski definition) is 4. The predicted octanol–water partition coefficient (Wildman–Crippen LogP) is 0.802. The fourth-order valence-electron chi connectivity index (χ4n) is 1.01. The highest BCUT2D eigenvalue weighted by atomic mass is 28.4. The fourth-order valence-corrected chi connectivity index (χ4v) is 2.57. The van der Waals surface area contributed by atoms with E-state index in [1.165, 1.54) is 11.8 Å². The molecule has 0 aliphatic heterocycles. The molecule has 0 spiro atoms. The Morgan fingerprint density at radius 1 is 1.19 bits per heavy atom. The molecule has 6 heteroatoms. The van der Waals surface area contributed by atoms with E-state index in [2.05, 4.69) is 0 Å². The van der Waals surface area contributed by atoms with Crippen molar-refractivity contribution in [1.29, 1.82) is 0 Å². The lowest BCUT2D eigenvalue weighted by molar-refractivity contribution is -0.146. The Bertz CT molecular complexity index is 299. The van der Waals surface area contributed by atoms with Crippen LogP contribution in [0, 0.1) is 0 Å². The van der Waals surface area contributed by atoms with E-state index in [4.69, 9.17) is 4.43 Å². The lowest BCUT2D eigenvalue weighted by atomic mass is 10.4. The molecule has 92 valence electrons. The molecule has 0 N–H and O–H groups in total. The van der Waals surface area contributed by atoms with E-state index in [0.717, 1.165) is 0 Å². The van der Waals surface area contributed by atoms with Gasteiger partial charge in [-0.15, -0.1) is 0 Å². The number of hydrogen-bond donors (Lipinski definition) is 0. The summed E-state index contributed by atoms with van der Waals surface area (Å²) in [6.45, 7) is 4.81. The summed E-state index contributed by atoms with van der Waals surface area (Å²) < 4.78 is 5.11. The lowest BCUT2D eigenvalue weighted by Gasteiger charge is -2.22. The minimum absolute atomic E-state index is 0.000510. The monoisotopic (exact) mass is 245 g/mol. The van der Waals surface area contributed by atoms with Gasteiger partial charge in [-0.05, 0) is 19.1 Å². The Kier molecular flexibility index (Phi) is 5.36. The number of nitrogens with zero attached hydrogens (tertiary/aromatic N) is 1. The van der Waals surface area contributed by atoms with Crippen LogP contribution in [0.3, 0.4) is 0 Å². The third-order valence-corrected chi connectivity index (χ3v) is 4.29. The molecule has 0 aromatic rings.